The summed E-state index contributed by atoms with van der Waals surface area (Å²) >= 11 is 1.83. The van der Waals surface area contributed by atoms with Crippen molar-refractivity contribution in [1.29, 1.82) is 0 Å². The molecule has 5 aromatic rings. The van der Waals surface area contributed by atoms with Crippen LogP contribution in [0.3, 0.4) is 0 Å². The number of carbonyl (C=O) groups is 1. The predicted molar refractivity (Wildman–Crippen MR) is 124 cm³/mol. The Morgan fingerprint density at radius 2 is 1.83 bits per heavy atom. The third-order valence-corrected chi connectivity index (χ3v) is 6.76. The van der Waals surface area contributed by atoms with Crippen LogP contribution in [-0.4, -0.2) is 5.97 Å². The number of thiophene rings is 1. The molecule has 0 saturated carbocycles. The highest BCUT2D eigenvalue weighted by Gasteiger charge is 2.15. The molecule has 0 fully saturated rings. The number of esters is 1. The Morgan fingerprint density at radius 3 is 2.66 bits per heavy atom. The Bertz CT molecular complexity index is 1460. The second-order valence-corrected chi connectivity index (χ2v) is 8.54. The van der Waals surface area contributed by atoms with Crippen molar-refractivity contribution in [2.45, 2.75) is 20.5 Å². The molecule has 3 heteroatoms. The summed E-state index contributed by atoms with van der Waals surface area (Å²) in [4.78, 5) is 11.7. The maximum absolute atomic E-state index is 11.7. The molecule has 0 spiro atoms. The highest BCUT2D eigenvalue weighted by atomic mass is 32.1. The van der Waals surface area contributed by atoms with E-state index in [4.69, 9.17) is 4.74 Å². The monoisotopic (exact) mass is 396 g/mol. The van der Waals surface area contributed by atoms with Crippen molar-refractivity contribution in [3.63, 3.8) is 0 Å². The number of ether oxygens (including phenoxy) is 1. The van der Waals surface area contributed by atoms with Crippen molar-refractivity contribution in [3.05, 3.63) is 83.9 Å². The number of aryl methyl sites for hydroxylation is 2. The van der Waals surface area contributed by atoms with E-state index in [9.17, 15) is 4.79 Å². The maximum atomic E-state index is 11.7. The van der Waals surface area contributed by atoms with Gasteiger partial charge in [-0.3, -0.25) is 0 Å². The number of hydrogen-bond donors (Lipinski definition) is 0. The lowest BCUT2D eigenvalue weighted by molar-refractivity contribution is -0.138. The fourth-order valence-corrected chi connectivity index (χ4v) is 5.52. The number of rotatable bonds is 3. The van der Waals surface area contributed by atoms with Gasteiger partial charge in [0.2, 0.25) is 0 Å². The third-order valence-electron chi connectivity index (χ3n) is 5.55. The summed E-state index contributed by atoms with van der Waals surface area (Å²) in [5, 5.41) is 7.44. The largest absolute Gasteiger partial charge is 0.458 e. The van der Waals surface area contributed by atoms with Gasteiger partial charge in [-0.1, -0.05) is 60.7 Å². The van der Waals surface area contributed by atoms with E-state index in [2.05, 4.69) is 75.0 Å². The Kier molecular flexibility index (Phi) is 4.14. The fraction of sp³-hybridized carbons (Fsp3) is 0.115. The predicted octanol–water partition coefficient (Wildman–Crippen LogP) is 7.21. The molecule has 0 atom stereocenters. The van der Waals surface area contributed by atoms with Gasteiger partial charge in [0.1, 0.15) is 6.61 Å². The van der Waals surface area contributed by atoms with E-state index in [1.807, 2.05) is 11.3 Å². The lowest BCUT2D eigenvalue weighted by Gasteiger charge is -2.11. The zero-order chi connectivity index (χ0) is 20.1. The van der Waals surface area contributed by atoms with Crippen molar-refractivity contribution < 1.29 is 9.53 Å². The molecule has 0 amide bonds. The third kappa shape index (κ3) is 2.81. The first-order chi connectivity index (χ1) is 14.1. The van der Waals surface area contributed by atoms with Gasteiger partial charge in [0.15, 0.2) is 0 Å². The molecule has 0 unspecified atom stereocenters. The van der Waals surface area contributed by atoms with Crippen LogP contribution in [0.15, 0.2) is 67.3 Å². The van der Waals surface area contributed by atoms with E-state index in [0.717, 1.165) is 11.1 Å². The van der Waals surface area contributed by atoms with Gasteiger partial charge in [0, 0.05) is 26.2 Å². The molecule has 1 heterocycles. The van der Waals surface area contributed by atoms with Gasteiger partial charge in [0.05, 0.1) is 0 Å². The SMILES string of the molecule is C=CC(=O)OCc1cc(C)cc2ccc3sc4c5cccc(C)c5ccc4c3c12. The van der Waals surface area contributed by atoms with Gasteiger partial charge >= 0.3 is 5.97 Å². The number of benzene rings is 4. The molecule has 5 rings (SSSR count). The minimum atomic E-state index is -0.400. The number of hydrogen-bond acceptors (Lipinski definition) is 3. The highest BCUT2D eigenvalue weighted by molar-refractivity contribution is 7.26. The van der Waals surface area contributed by atoms with Gasteiger partial charge in [-0.2, -0.15) is 0 Å². The molecule has 142 valence electrons. The average Bonchev–Trinajstić information content (AvgIpc) is 3.11. The van der Waals surface area contributed by atoms with Crippen molar-refractivity contribution in [2.24, 2.45) is 0 Å². The summed E-state index contributed by atoms with van der Waals surface area (Å²) in [5.41, 5.74) is 3.48. The lowest BCUT2D eigenvalue weighted by Crippen LogP contribution is -2.01. The first kappa shape index (κ1) is 17.9. The summed E-state index contributed by atoms with van der Waals surface area (Å²) < 4.78 is 7.97. The number of fused-ring (bicyclic) bond motifs is 7. The molecular formula is C26H20O2S. The number of carbonyl (C=O) groups excluding carboxylic acids is 1. The average molecular weight is 397 g/mol. The van der Waals surface area contributed by atoms with E-state index in [1.54, 1.807) is 0 Å². The van der Waals surface area contributed by atoms with Crippen LogP contribution in [0.4, 0.5) is 0 Å². The molecule has 29 heavy (non-hydrogen) atoms. The van der Waals surface area contributed by atoms with Gasteiger partial charge in [0.25, 0.3) is 0 Å². The molecule has 4 aromatic carbocycles. The molecule has 0 saturated heterocycles. The Balaban J connectivity index is 1.88. The van der Waals surface area contributed by atoms with Gasteiger partial charge in [-0.05, 0) is 52.6 Å². The molecule has 0 aliphatic carbocycles. The van der Waals surface area contributed by atoms with E-state index in [1.165, 1.54) is 53.4 Å². The van der Waals surface area contributed by atoms with Crippen LogP contribution < -0.4 is 0 Å². The van der Waals surface area contributed by atoms with Crippen LogP contribution in [0, 0.1) is 13.8 Å². The first-order valence-electron chi connectivity index (χ1n) is 9.63. The minimum Gasteiger partial charge on any atom is -0.458 e. The molecule has 0 aliphatic heterocycles. The van der Waals surface area contributed by atoms with Crippen molar-refractivity contribution in [1.82, 2.24) is 0 Å². The van der Waals surface area contributed by atoms with Crippen LogP contribution in [0.1, 0.15) is 16.7 Å². The summed E-state index contributed by atoms with van der Waals surface area (Å²) in [6.45, 7) is 7.97. The van der Waals surface area contributed by atoms with Gasteiger partial charge in [-0.25, -0.2) is 4.79 Å². The standard InChI is InChI=1S/C26H20O2S/c1-4-23(27)28-14-18-13-15(2)12-17-8-11-22-25(24(17)18)21-10-9-19-16(3)6-5-7-20(19)26(21)29-22/h4-13H,1,14H2,2-3H3. The van der Waals surface area contributed by atoms with Crippen molar-refractivity contribution >= 4 is 59.0 Å². The zero-order valence-electron chi connectivity index (χ0n) is 16.4. The maximum Gasteiger partial charge on any atom is 0.330 e. The Hall–Kier alpha value is -3.17. The van der Waals surface area contributed by atoms with Crippen LogP contribution >= 0.6 is 11.3 Å². The van der Waals surface area contributed by atoms with Crippen LogP contribution in [-0.2, 0) is 16.1 Å². The summed E-state index contributed by atoms with van der Waals surface area (Å²) in [6, 6.07) is 19.7. The molecule has 0 N–H and O–H groups in total. The van der Waals surface area contributed by atoms with Gasteiger partial charge in [-0.15, -0.1) is 11.3 Å². The topological polar surface area (TPSA) is 26.3 Å². The van der Waals surface area contributed by atoms with E-state index in [-0.39, 0.29) is 6.61 Å². The quantitative estimate of drug-likeness (QED) is 0.238. The molecule has 0 radical (unpaired) electrons. The Morgan fingerprint density at radius 1 is 1.00 bits per heavy atom. The van der Waals surface area contributed by atoms with E-state index in [0.29, 0.717) is 0 Å². The van der Waals surface area contributed by atoms with E-state index >= 15 is 0 Å². The van der Waals surface area contributed by atoms with Crippen molar-refractivity contribution in [3.8, 4) is 0 Å². The highest BCUT2D eigenvalue weighted by Crippen LogP contribution is 2.43. The Labute approximate surface area is 173 Å². The minimum absolute atomic E-state index is 0.242. The van der Waals surface area contributed by atoms with Crippen molar-refractivity contribution in [2.75, 3.05) is 0 Å². The molecule has 0 aliphatic rings. The molecule has 0 bridgehead atoms. The first-order valence-corrected chi connectivity index (χ1v) is 10.4. The summed E-state index contributed by atoms with van der Waals surface area (Å²) in [6.07, 6.45) is 1.21. The fourth-order valence-electron chi connectivity index (χ4n) is 4.28. The zero-order valence-corrected chi connectivity index (χ0v) is 17.2. The lowest BCUT2D eigenvalue weighted by atomic mass is 9.96. The van der Waals surface area contributed by atoms with E-state index < -0.39 is 5.97 Å². The van der Waals surface area contributed by atoms with Gasteiger partial charge < -0.3 is 4.74 Å². The van der Waals surface area contributed by atoms with Crippen LogP contribution in [0.25, 0.3) is 41.7 Å². The van der Waals surface area contributed by atoms with Crippen LogP contribution in [0.5, 0.6) is 0 Å². The molecule has 1 aromatic heterocycles. The van der Waals surface area contributed by atoms with Crippen LogP contribution in [0.2, 0.25) is 0 Å². The second kappa shape index (κ2) is 6.71. The molecular weight excluding hydrogens is 376 g/mol. The normalized spacial score (nSPS) is 11.5. The summed E-state index contributed by atoms with van der Waals surface area (Å²) in [7, 11) is 0. The summed E-state index contributed by atoms with van der Waals surface area (Å²) in [5.74, 6) is -0.400. The molecule has 2 nitrogen and oxygen atoms in total. The smallest absolute Gasteiger partial charge is 0.330 e. The second-order valence-electron chi connectivity index (χ2n) is 7.49.